The number of hydrogen-bond donors (Lipinski definition) is 2. The highest BCUT2D eigenvalue weighted by atomic mass is 32.1. The first-order valence-corrected chi connectivity index (χ1v) is 4.22. The van der Waals surface area contributed by atoms with Crippen LogP contribution in [0.5, 0.6) is 0 Å². The highest BCUT2D eigenvalue weighted by molar-refractivity contribution is 7.80. The second-order valence-electron chi connectivity index (χ2n) is 2.77. The molecule has 70 valence electrons. The molecule has 0 saturated carbocycles. The Hall–Kier alpha value is -1.03. The van der Waals surface area contributed by atoms with Gasteiger partial charge in [-0.1, -0.05) is 6.07 Å². The Morgan fingerprint density at radius 3 is 2.69 bits per heavy atom. The number of carbonyl (C=O) groups is 1. The average molecular weight is 199 g/mol. The summed E-state index contributed by atoms with van der Waals surface area (Å²) in [5.41, 5.74) is 0.915. The fourth-order valence-electron chi connectivity index (χ4n) is 0.947. The fourth-order valence-corrected chi connectivity index (χ4v) is 1.14. The zero-order valence-corrected chi connectivity index (χ0v) is 8.28. The third-order valence-electron chi connectivity index (χ3n) is 1.63. The van der Waals surface area contributed by atoms with E-state index in [2.05, 4.69) is 17.9 Å². The summed E-state index contributed by atoms with van der Waals surface area (Å²) in [7, 11) is 0. The van der Waals surface area contributed by atoms with Gasteiger partial charge in [0, 0.05) is 11.8 Å². The number of thiol groups is 1. The van der Waals surface area contributed by atoms with Gasteiger partial charge in [0.15, 0.2) is 5.82 Å². The predicted molar refractivity (Wildman–Crippen MR) is 52.7 cm³/mol. The number of anilines is 1. The maximum Gasteiger partial charge on any atom is 0.221 e. The molecule has 1 rings (SSSR count). The minimum atomic E-state index is -0.487. The maximum atomic E-state index is 13.3. The smallest absolute Gasteiger partial charge is 0.221 e. The summed E-state index contributed by atoms with van der Waals surface area (Å²) in [5, 5.41) is 2.38. The molecule has 1 N–H and O–H groups in total. The number of rotatable bonds is 1. The number of aryl methyl sites for hydroxylation is 1. The number of halogens is 1. The summed E-state index contributed by atoms with van der Waals surface area (Å²) >= 11 is 3.98. The van der Waals surface area contributed by atoms with E-state index in [0.717, 1.165) is 5.56 Å². The molecule has 0 aliphatic rings. The van der Waals surface area contributed by atoms with Gasteiger partial charge in [0.1, 0.15) is 0 Å². The van der Waals surface area contributed by atoms with Crippen molar-refractivity contribution in [3.8, 4) is 0 Å². The van der Waals surface area contributed by atoms with Gasteiger partial charge in [0.05, 0.1) is 5.69 Å². The summed E-state index contributed by atoms with van der Waals surface area (Å²) in [6.45, 7) is 3.08. The monoisotopic (exact) mass is 199 g/mol. The summed E-state index contributed by atoms with van der Waals surface area (Å²) in [4.78, 5) is 10.9. The molecule has 2 nitrogen and oxygen atoms in total. The largest absolute Gasteiger partial charge is 0.324 e. The van der Waals surface area contributed by atoms with E-state index in [1.807, 2.05) is 0 Å². The minimum Gasteiger partial charge on any atom is -0.324 e. The zero-order valence-electron chi connectivity index (χ0n) is 7.39. The molecule has 13 heavy (non-hydrogen) atoms. The van der Waals surface area contributed by atoms with Gasteiger partial charge in [0.2, 0.25) is 5.91 Å². The summed E-state index contributed by atoms with van der Waals surface area (Å²) in [5.74, 6) is -0.783. The Morgan fingerprint density at radius 1 is 1.54 bits per heavy atom. The molecule has 0 saturated heterocycles. The molecule has 1 aromatic rings. The van der Waals surface area contributed by atoms with E-state index < -0.39 is 5.82 Å². The maximum absolute atomic E-state index is 13.3. The molecule has 0 aliphatic heterocycles. The van der Waals surface area contributed by atoms with Crippen LogP contribution in [0.4, 0.5) is 10.1 Å². The van der Waals surface area contributed by atoms with Crippen LogP contribution in [0, 0.1) is 12.7 Å². The molecule has 1 aromatic carbocycles. The lowest BCUT2D eigenvalue weighted by Gasteiger charge is -2.07. The number of carbonyl (C=O) groups excluding carboxylic acids is 1. The third-order valence-corrected chi connectivity index (χ3v) is 2.18. The van der Waals surface area contributed by atoms with Crippen molar-refractivity contribution in [2.24, 2.45) is 0 Å². The van der Waals surface area contributed by atoms with Crippen molar-refractivity contribution in [3.05, 3.63) is 23.5 Å². The van der Waals surface area contributed by atoms with Crippen molar-refractivity contribution in [1.82, 2.24) is 0 Å². The summed E-state index contributed by atoms with van der Waals surface area (Å²) in [6, 6.07) is 3.22. The van der Waals surface area contributed by atoms with E-state index in [0.29, 0.717) is 0 Å². The minimum absolute atomic E-state index is 0.170. The quantitative estimate of drug-likeness (QED) is 0.668. The molecule has 0 fully saturated rings. The molecule has 0 aromatic heterocycles. The predicted octanol–water partition coefficient (Wildman–Crippen LogP) is 2.38. The number of hydrogen-bond acceptors (Lipinski definition) is 2. The molecule has 0 radical (unpaired) electrons. The van der Waals surface area contributed by atoms with Crippen LogP contribution in [0.15, 0.2) is 17.0 Å². The van der Waals surface area contributed by atoms with Crippen LogP contribution in [-0.2, 0) is 4.79 Å². The van der Waals surface area contributed by atoms with Crippen molar-refractivity contribution in [1.29, 1.82) is 0 Å². The van der Waals surface area contributed by atoms with Gasteiger partial charge in [-0.15, -0.1) is 12.6 Å². The van der Waals surface area contributed by atoms with Crippen molar-refractivity contribution in [3.63, 3.8) is 0 Å². The van der Waals surface area contributed by atoms with Crippen LogP contribution < -0.4 is 5.32 Å². The summed E-state index contributed by atoms with van der Waals surface area (Å²) < 4.78 is 13.3. The molecule has 0 heterocycles. The van der Waals surface area contributed by atoms with Crippen LogP contribution >= 0.6 is 12.6 Å². The first kappa shape index (κ1) is 10.1. The molecule has 4 heteroatoms. The van der Waals surface area contributed by atoms with Gasteiger partial charge >= 0.3 is 0 Å². The number of benzene rings is 1. The normalized spacial score (nSPS) is 9.85. The zero-order chi connectivity index (χ0) is 10.0. The molecule has 1 amide bonds. The first-order chi connectivity index (χ1) is 6.02. The Labute approximate surface area is 81.6 Å². The molecule has 0 atom stereocenters. The second kappa shape index (κ2) is 3.79. The Kier molecular flexibility index (Phi) is 2.93. The van der Waals surface area contributed by atoms with Gasteiger partial charge in [0.25, 0.3) is 0 Å². The van der Waals surface area contributed by atoms with Crippen molar-refractivity contribution in [2.75, 3.05) is 5.32 Å². The first-order valence-electron chi connectivity index (χ1n) is 3.78. The van der Waals surface area contributed by atoms with Crippen molar-refractivity contribution < 1.29 is 9.18 Å². The molecule has 0 aliphatic carbocycles. The topological polar surface area (TPSA) is 29.1 Å². The van der Waals surface area contributed by atoms with E-state index >= 15 is 0 Å². The van der Waals surface area contributed by atoms with Crippen LogP contribution in [0.2, 0.25) is 0 Å². The highest BCUT2D eigenvalue weighted by Crippen LogP contribution is 2.24. The van der Waals surface area contributed by atoms with Gasteiger partial charge < -0.3 is 5.32 Å². The van der Waals surface area contributed by atoms with E-state index in [1.54, 1.807) is 13.0 Å². The van der Waals surface area contributed by atoms with Gasteiger partial charge in [-0.3, -0.25) is 4.79 Å². The highest BCUT2D eigenvalue weighted by Gasteiger charge is 2.08. The average Bonchev–Trinajstić information content (AvgIpc) is 2.06. The van der Waals surface area contributed by atoms with E-state index in [1.165, 1.54) is 13.0 Å². The lowest BCUT2D eigenvalue weighted by molar-refractivity contribution is -0.114. The number of amides is 1. The SMILES string of the molecule is CC(=O)Nc1ccc(C)c(S)c1F. The molecular weight excluding hydrogens is 189 g/mol. The second-order valence-corrected chi connectivity index (χ2v) is 3.22. The standard InChI is InChI=1S/C9H10FNOS/c1-5-3-4-7(11-6(2)12)8(10)9(5)13/h3-4,13H,1-2H3,(H,11,12). The Balaban J connectivity index is 3.10. The third kappa shape index (κ3) is 2.21. The van der Waals surface area contributed by atoms with E-state index in [9.17, 15) is 9.18 Å². The van der Waals surface area contributed by atoms with E-state index in [-0.39, 0.29) is 16.5 Å². The lowest BCUT2D eigenvalue weighted by Crippen LogP contribution is -2.07. The van der Waals surface area contributed by atoms with Crippen LogP contribution in [0.25, 0.3) is 0 Å². The molecule has 0 bridgehead atoms. The molecule has 0 spiro atoms. The Morgan fingerprint density at radius 2 is 2.15 bits per heavy atom. The molecular formula is C9H10FNOS. The van der Waals surface area contributed by atoms with Crippen LogP contribution in [0.1, 0.15) is 12.5 Å². The van der Waals surface area contributed by atoms with Crippen molar-refractivity contribution in [2.45, 2.75) is 18.7 Å². The Bertz CT molecular complexity index is 352. The fraction of sp³-hybridized carbons (Fsp3) is 0.222. The number of nitrogens with one attached hydrogen (secondary N) is 1. The van der Waals surface area contributed by atoms with Gasteiger partial charge in [-0.25, -0.2) is 4.39 Å². The molecule has 0 unspecified atom stereocenters. The summed E-state index contributed by atoms with van der Waals surface area (Å²) in [6.07, 6.45) is 0. The van der Waals surface area contributed by atoms with Crippen molar-refractivity contribution >= 4 is 24.2 Å². The van der Waals surface area contributed by atoms with Crippen LogP contribution in [-0.4, -0.2) is 5.91 Å². The van der Waals surface area contributed by atoms with E-state index in [4.69, 9.17) is 0 Å². The van der Waals surface area contributed by atoms with Gasteiger partial charge in [-0.05, 0) is 18.6 Å². The van der Waals surface area contributed by atoms with Gasteiger partial charge in [-0.2, -0.15) is 0 Å². The lowest BCUT2D eigenvalue weighted by atomic mass is 10.2. The van der Waals surface area contributed by atoms with Crippen LogP contribution in [0.3, 0.4) is 0 Å².